The molecule has 6 nitrogen and oxygen atoms in total. The van der Waals surface area contributed by atoms with Gasteiger partial charge in [-0.1, -0.05) is 18.5 Å². The summed E-state index contributed by atoms with van der Waals surface area (Å²) in [5.74, 6) is 0.480. The number of aliphatic hydroxyl groups excluding tert-OH is 1. The van der Waals surface area contributed by atoms with E-state index in [1.807, 2.05) is 6.92 Å². The number of aromatic nitrogens is 1. The van der Waals surface area contributed by atoms with Gasteiger partial charge < -0.3 is 10.4 Å². The lowest BCUT2D eigenvalue weighted by molar-refractivity contribution is 0.189. The van der Waals surface area contributed by atoms with Gasteiger partial charge >= 0.3 is 0 Å². The summed E-state index contributed by atoms with van der Waals surface area (Å²) in [4.78, 5) is 4.12. The zero-order valence-electron chi connectivity index (χ0n) is 11.2. The number of aliphatic hydroxyl groups is 1. The minimum absolute atomic E-state index is 0.0543. The third kappa shape index (κ3) is 3.22. The number of hydrogen-bond donors (Lipinski definition) is 2. The molecule has 1 fully saturated rings. The van der Waals surface area contributed by atoms with Crippen molar-refractivity contribution in [1.29, 1.82) is 0 Å². The predicted octanol–water partition coefficient (Wildman–Crippen LogP) is 1.31. The number of nitrogens with zero attached hydrogens (tertiary/aromatic N) is 2. The maximum absolute atomic E-state index is 12.4. The second kappa shape index (κ2) is 6.26. The highest BCUT2D eigenvalue weighted by Crippen LogP contribution is 2.26. The van der Waals surface area contributed by atoms with E-state index >= 15 is 0 Å². The summed E-state index contributed by atoms with van der Waals surface area (Å²) in [5.41, 5.74) is 0. The van der Waals surface area contributed by atoms with Crippen molar-refractivity contribution >= 4 is 27.4 Å². The largest absolute Gasteiger partial charge is 0.392 e. The van der Waals surface area contributed by atoms with E-state index in [4.69, 9.17) is 11.6 Å². The van der Waals surface area contributed by atoms with Crippen LogP contribution in [0.2, 0.25) is 5.02 Å². The average Bonchev–Trinajstić information content (AvgIpc) is 2.84. The number of sulfonamides is 1. The van der Waals surface area contributed by atoms with Crippen molar-refractivity contribution in [3.05, 3.63) is 17.3 Å². The highest BCUT2D eigenvalue weighted by molar-refractivity contribution is 7.89. The monoisotopic (exact) mass is 319 g/mol. The van der Waals surface area contributed by atoms with Crippen molar-refractivity contribution in [2.45, 2.75) is 30.8 Å². The van der Waals surface area contributed by atoms with Gasteiger partial charge in [0.25, 0.3) is 0 Å². The van der Waals surface area contributed by atoms with E-state index in [0.717, 1.165) is 13.0 Å². The van der Waals surface area contributed by atoms with Crippen molar-refractivity contribution in [1.82, 2.24) is 9.29 Å². The van der Waals surface area contributed by atoms with Crippen molar-refractivity contribution in [2.75, 3.05) is 25.0 Å². The van der Waals surface area contributed by atoms with Crippen LogP contribution in [0.5, 0.6) is 0 Å². The summed E-state index contributed by atoms with van der Waals surface area (Å²) in [7, 11) is -3.63. The van der Waals surface area contributed by atoms with Crippen LogP contribution in [0, 0.1) is 0 Å². The summed E-state index contributed by atoms with van der Waals surface area (Å²) in [6, 6.07) is 1.40. The molecule has 0 bridgehead atoms. The zero-order chi connectivity index (χ0) is 14.8. The molecule has 1 aliphatic rings. The predicted molar refractivity (Wildman–Crippen MR) is 77.4 cm³/mol. The van der Waals surface area contributed by atoms with Gasteiger partial charge in [-0.15, -0.1) is 0 Å². The Balaban J connectivity index is 2.22. The lowest BCUT2D eigenvalue weighted by Gasteiger charge is -2.16. The smallest absolute Gasteiger partial charge is 0.244 e. The van der Waals surface area contributed by atoms with Gasteiger partial charge in [-0.25, -0.2) is 13.4 Å². The zero-order valence-corrected chi connectivity index (χ0v) is 12.8. The Morgan fingerprint density at radius 3 is 2.90 bits per heavy atom. The highest BCUT2D eigenvalue weighted by atomic mass is 35.5. The quantitative estimate of drug-likeness (QED) is 0.855. The van der Waals surface area contributed by atoms with Gasteiger partial charge in [0.1, 0.15) is 10.7 Å². The van der Waals surface area contributed by atoms with Crippen LogP contribution in [0.4, 0.5) is 5.82 Å². The first kappa shape index (κ1) is 15.5. The topological polar surface area (TPSA) is 82.5 Å². The van der Waals surface area contributed by atoms with Crippen LogP contribution in [0.25, 0.3) is 0 Å². The highest BCUT2D eigenvalue weighted by Gasteiger charge is 2.32. The molecule has 2 N–H and O–H groups in total. The molecule has 2 heterocycles. The Labute approximate surface area is 123 Å². The summed E-state index contributed by atoms with van der Waals surface area (Å²) in [6.07, 6.45) is 2.07. The van der Waals surface area contributed by atoms with E-state index < -0.39 is 16.1 Å². The minimum Gasteiger partial charge on any atom is -0.392 e. The molecule has 0 spiro atoms. The third-order valence-electron chi connectivity index (χ3n) is 3.12. The average molecular weight is 320 g/mol. The number of rotatable bonds is 5. The van der Waals surface area contributed by atoms with E-state index in [9.17, 15) is 13.5 Å². The molecule has 1 saturated heterocycles. The van der Waals surface area contributed by atoms with Crippen LogP contribution in [-0.4, -0.2) is 48.6 Å². The summed E-state index contributed by atoms with van der Waals surface area (Å²) in [5, 5.41) is 12.8. The van der Waals surface area contributed by atoms with Gasteiger partial charge in [0.05, 0.1) is 11.1 Å². The van der Waals surface area contributed by atoms with Gasteiger partial charge in [-0.3, -0.25) is 0 Å². The minimum atomic E-state index is -3.63. The van der Waals surface area contributed by atoms with Crippen LogP contribution in [-0.2, 0) is 10.0 Å². The van der Waals surface area contributed by atoms with Crippen molar-refractivity contribution in [3.63, 3.8) is 0 Å². The molecule has 0 amide bonds. The fraction of sp³-hybridized carbons (Fsp3) is 0.583. The van der Waals surface area contributed by atoms with Crippen molar-refractivity contribution in [3.8, 4) is 0 Å². The number of β-amino-alcohol motifs (C(OH)–C–C–N with tert-alkyl or cyclic N) is 1. The number of pyridine rings is 1. The SMILES string of the molecule is CCCNc1ncc(S(=O)(=O)N2CCC(O)C2)cc1Cl. The molecule has 8 heteroatoms. The van der Waals surface area contributed by atoms with Gasteiger partial charge in [0.15, 0.2) is 0 Å². The van der Waals surface area contributed by atoms with Crippen LogP contribution < -0.4 is 5.32 Å². The van der Waals surface area contributed by atoms with E-state index in [2.05, 4.69) is 10.3 Å². The third-order valence-corrected chi connectivity index (χ3v) is 5.24. The summed E-state index contributed by atoms with van der Waals surface area (Å²) >= 11 is 6.05. The first-order chi connectivity index (χ1) is 9.45. The molecule has 1 atom stereocenters. The molecular weight excluding hydrogens is 302 g/mol. The molecule has 112 valence electrons. The maximum Gasteiger partial charge on any atom is 0.244 e. The fourth-order valence-electron chi connectivity index (χ4n) is 2.01. The summed E-state index contributed by atoms with van der Waals surface area (Å²) < 4.78 is 26.0. The second-order valence-corrected chi connectivity index (χ2v) is 7.08. The van der Waals surface area contributed by atoms with Crippen LogP contribution in [0.15, 0.2) is 17.2 Å². The molecule has 0 radical (unpaired) electrons. The normalized spacial score (nSPS) is 20.2. The lowest BCUT2D eigenvalue weighted by atomic mass is 10.3. The molecule has 2 rings (SSSR count). The Bertz CT molecular complexity index is 579. The van der Waals surface area contributed by atoms with Gasteiger partial charge in [-0.05, 0) is 18.9 Å². The van der Waals surface area contributed by atoms with E-state index in [0.29, 0.717) is 18.8 Å². The summed E-state index contributed by atoms with van der Waals surface area (Å²) in [6.45, 7) is 3.17. The van der Waals surface area contributed by atoms with E-state index in [1.54, 1.807) is 0 Å². The second-order valence-electron chi connectivity index (χ2n) is 4.73. The Hall–Kier alpha value is -0.890. The van der Waals surface area contributed by atoms with E-state index in [-0.39, 0.29) is 16.5 Å². The van der Waals surface area contributed by atoms with E-state index in [1.165, 1.54) is 16.6 Å². The Morgan fingerprint density at radius 1 is 1.60 bits per heavy atom. The number of anilines is 1. The Morgan fingerprint density at radius 2 is 2.35 bits per heavy atom. The number of hydrogen-bond acceptors (Lipinski definition) is 5. The fourth-order valence-corrected chi connectivity index (χ4v) is 3.78. The van der Waals surface area contributed by atoms with Gasteiger partial charge in [0.2, 0.25) is 10.0 Å². The Kier molecular flexibility index (Phi) is 4.85. The van der Waals surface area contributed by atoms with Crippen LogP contribution in [0.3, 0.4) is 0 Å². The molecule has 1 aliphatic heterocycles. The lowest BCUT2D eigenvalue weighted by Crippen LogP contribution is -2.29. The molecule has 1 aromatic rings. The van der Waals surface area contributed by atoms with Gasteiger partial charge in [0, 0.05) is 25.8 Å². The number of nitrogens with one attached hydrogen (secondary N) is 1. The molecule has 20 heavy (non-hydrogen) atoms. The molecular formula is C12H18ClN3O3S. The van der Waals surface area contributed by atoms with Crippen molar-refractivity contribution < 1.29 is 13.5 Å². The maximum atomic E-state index is 12.4. The molecule has 1 aromatic heterocycles. The van der Waals surface area contributed by atoms with Crippen LogP contribution >= 0.6 is 11.6 Å². The first-order valence-electron chi connectivity index (χ1n) is 6.52. The van der Waals surface area contributed by atoms with Crippen molar-refractivity contribution in [2.24, 2.45) is 0 Å². The number of halogens is 1. The van der Waals surface area contributed by atoms with Gasteiger partial charge in [-0.2, -0.15) is 4.31 Å². The standard InChI is InChI=1S/C12H18ClN3O3S/c1-2-4-14-12-11(13)6-10(7-15-12)20(18,19)16-5-3-9(17)8-16/h6-7,9,17H,2-5,8H2,1H3,(H,14,15). The molecule has 0 aromatic carbocycles. The first-order valence-corrected chi connectivity index (χ1v) is 8.34. The molecule has 0 saturated carbocycles. The molecule has 0 aliphatic carbocycles. The van der Waals surface area contributed by atoms with Crippen LogP contribution in [0.1, 0.15) is 19.8 Å². The molecule has 1 unspecified atom stereocenters.